The van der Waals surface area contributed by atoms with Gasteiger partial charge in [0, 0.05) is 25.0 Å². The van der Waals surface area contributed by atoms with Gasteiger partial charge in [-0.05, 0) is 51.7 Å². The van der Waals surface area contributed by atoms with Crippen LogP contribution in [0.2, 0.25) is 0 Å². The molecule has 2 unspecified atom stereocenters. The van der Waals surface area contributed by atoms with Gasteiger partial charge in [-0.2, -0.15) is 0 Å². The summed E-state index contributed by atoms with van der Waals surface area (Å²) in [5.74, 6) is 0.428. The van der Waals surface area contributed by atoms with E-state index >= 15 is 0 Å². The van der Waals surface area contributed by atoms with Gasteiger partial charge in [0.05, 0.1) is 5.69 Å². The molecule has 0 spiro atoms. The standard InChI is InChI=1S/C16H25N3O2/c1-16(2,3)21-15(20)18-10-12-6-4-8-14(12)19-13-7-5-9-17-11-13/h5,7,9,11-12,14,19H,4,6,8,10H2,1-3H3,(H,18,20). The largest absolute Gasteiger partial charge is 0.444 e. The van der Waals surface area contributed by atoms with Crippen molar-refractivity contribution in [2.75, 3.05) is 11.9 Å². The maximum absolute atomic E-state index is 11.7. The van der Waals surface area contributed by atoms with E-state index in [2.05, 4.69) is 15.6 Å². The molecule has 2 N–H and O–H groups in total. The van der Waals surface area contributed by atoms with Gasteiger partial charge < -0.3 is 15.4 Å². The Morgan fingerprint density at radius 1 is 1.43 bits per heavy atom. The van der Waals surface area contributed by atoms with Gasteiger partial charge in [0.2, 0.25) is 0 Å². The van der Waals surface area contributed by atoms with E-state index in [0.717, 1.165) is 18.5 Å². The number of pyridine rings is 1. The zero-order valence-corrected chi connectivity index (χ0v) is 13.1. The molecule has 2 atom stereocenters. The van der Waals surface area contributed by atoms with Crippen LogP contribution >= 0.6 is 0 Å². The van der Waals surface area contributed by atoms with Gasteiger partial charge in [-0.25, -0.2) is 4.79 Å². The predicted octanol–water partition coefficient (Wildman–Crippen LogP) is 3.19. The number of anilines is 1. The first-order valence-corrected chi connectivity index (χ1v) is 7.57. The Morgan fingerprint density at radius 3 is 2.90 bits per heavy atom. The lowest BCUT2D eigenvalue weighted by atomic mass is 10.0. The van der Waals surface area contributed by atoms with Crippen LogP contribution in [0, 0.1) is 5.92 Å². The maximum Gasteiger partial charge on any atom is 0.407 e. The third kappa shape index (κ3) is 5.25. The summed E-state index contributed by atoms with van der Waals surface area (Å²) < 4.78 is 5.27. The molecule has 0 saturated heterocycles. The smallest absolute Gasteiger partial charge is 0.407 e. The Kier molecular flexibility index (Phi) is 5.04. The number of hydrogen-bond donors (Lipinski definition) is 2. The molecular formula is C16H25N3O2. The predicted molar refractivity (Wildman–Crippen MR) is 83.2 cm³/mol. The van der Waals surface area contributed by atoms with Crippen molar-refractivity contribution in [2.45, 2.75) is 51.7 Å². The van der Waals surface area contributed by atoms with Crippen molar-refractivity contribution in [1.82, 2.24) is 10.3 Å². The molecule has 116 valence electrons. The summed E-state index contributed by atoms with van der Waals surface area (Å²) in [6.45, 7) is 6.26. The van der Waals surface area contributed by atoms with Crippen LogP contribution in [-0.4, -0.2) is 29.3 Å². The van der Waals surface area contributed by atoms with E-state index in [1.807, 2.05) is 39.1 Å². The van der Waals surface area contributed by atoms with Gasteiger partial charge in [0.1, 0.15) is 5.60 Å². The zero-order chi connectivity index (χ0) is 15.3. The fourth-order valence-electron chi connectivity index (χ4n) is 2.66. The van der Waals surface area contributed by atoms with Crippen molar-refractivity contribution in [3.63, 3.8) is 0 Å². The molecule has 1 aromatic rings. The minimum Gasteiger partial charge on any atom is -0.444 e. The summed E-state index contributed by atoms with van der Waals surface area (Å²) in [6, 6.07) is 4.32. The van der Waals surface area contributed by atoms with Gasteiger partial charge in [-0.1, -0.05) is 6.42 Å². The summed E-state index contributed by atoms with van der Waals surface area (Å²) in [6.07, 6.45) is 6.68. The fraction of sp³-hybridized carbons (Fsp3) is 0.625. The quantitative estimate of drug-likeness (QED) is 0.894. The Bertz CT molecular complexity index is 456. The van der Waals surface area contributed by atoms with Crippen molar-refractivity contribution in [3.05, 3.63) is 24.5 Å². The van der Waals surface area contributed by atoms with Gasteiger partial charge in [0.15, 0.2) is 0 Å². The van der Waals surface area contributed by atoms with Crippen molar-refractivity contribution < 1.29 is 9.53 Å². The molecular weight excluding hydrogens is 266 g/mol. The Balaban J connectivity index is 1.81. The highest BCUT2D eigenvalue weighted by Crippen LogP contribution is 2.28. The Labute approximate surface area is 126 Å². The zero-order valence-electron chi connectivity index (χ0n) is 13.1. The molecule has 2 rings (SSSR count). The second kappa shape index (κ2) is 6.78. The molecule has 1 aliphatic rings. The average molecular weight is 291 g/mol. The molecule has 0 bridgehead atoms. The van der Waals surface area contributed by atoms with E-state index in [1.165, 1.54) is 6.42 Å². The van der Waals surface area contributed by atoms with E-state index in [4.69, 9.17) is 4.74 Å². The van der Waals surface area contributed by atoms with Gasteiger partial charge in [-0.3, -0.25) is 4.98 Å². The van der Waals surface area contributed by atoms with Crippen LogP contribution < -0.4 is 10.6 Å². The number of nitrogens with zero attached hydrogens (tertiary/aromatic N) is 1. The first-order chi connectivity index (χ1) is 9.94. The fourth-order valence-corrected chi connectivity index (χ4v) is 2.66. The number of carbonyl (C=O) groups excluding carboxylic acids is 1. The summed E-state index contributed by atoms with van der Waals surface area (Å²) >= 11 is 0. The highest BCUT2D eigenvalue weighted by molar-refractivity contribution is 5.67. The molecule has 1 heterocycles. The van der Waals surface area contributed by atoms with E-state index in [9.17, 15) is 4.79 Å². The number of aromatic nitrogens is 1. The third-order valence-electron chi connectivity index (χ3n) is 3.58. The Hall–Kier alpha value is -1.78. The Morgan fingerprint density at radius 2 is 2.24 bits per heavy atom. The number of rotatable bonds is 4. The van der Waals surface area contributed by atoms with Gasteiger partial charge in [-0.15, -0.1) is 0 Å². The second-order valence-electron chi connectivity index (χ2n) is 6.57. The topological polar surface area (TPSA) is 63.2 Å². The lowest BCUT2D eigenvalue weighted by Crippen LogP contribution is -2.38. The first-order valence-electron chi connectivity index (χ1n) is 7.57. The van der Waals surface area contributed by atoms with Crippen molar-refractivity contribution >= 4 is 11.8 Å². The lowest BCUT2D eigenvalue weighted by molar-refractivity contribution is 0.0519. The van der Waals surface area contributed by atoms with E-state index < -0.39 is 5.60 Å². The van der Waals surface area contributed by atoms with E-state index in [1.54, 1.807) is 6.20 Å². The second-order valence-corrected chi connectivity index (χ2v) is 6.57. The van der Waals surface area contributed by atoms with Crippen LogP contribution in [0.25, 0.3) is 0 Å². The SMILES string of the molecule is CC(C)(C)OC(=O)NCC1CCCC1Nc1cccnc1. The van der Waals surface area contributed by atoms with Crippen LogP contribution in [0.1, 0.15) is 40.0 Å². The van der Waals surface area contributed by atoms with Gasteiger partial charge in [0.25, 0.3) is 0 Å². The van der Waals surface area contributed by atoms with E-state index in [-0.39, 0.29) is 6.09 Å². The van der Waals surface area contributed by atoms with E-state index in [0.29, 0.717) is 18.5 Å². The molecule has 5 heteroatoms. The van der Waals surface area contributed by atoms with Crippen LogP contribution in [-0.2, 0) is 4.74 Å². The average Bonchev–Trinajstić information content (AvgIpc) is 2.83. The summed E-state index contributed by atoms with van der Waals surface area (Å²) in [4.78, 5) is 15.8. The van der Waals surface area contributed by atoms with Gasteiger partial charge >= 0.3 is 6.09 Å². The number of alkyl carbamates (subject to hydrolysis) is 1. The van der Waals surface area contributed by atoms with Crippen molar-refractivity contribution in [2.24, 2.45) is 5.92 Å². The van der Waals surface area contributed by atoms with Crippen LogP contribution in [0.4, 0.5) is 10.5 Å². The maximum atomic E-state index is 11.7. The first kappa shape index (κ1) is 15.6. The molecule has 1 aliphatic carbocycles. The van der Waals surface area contributed by atoms with Crippen LogP contribution in [0.3, 0.4) is 0 Å². The van der Waals surface area contributed by atoms with Crippen molar-refractivity contribution in [3.8, 4) is 0 Å². The van der Waals surface area contributed by atoms with Crippen molar-refractivity contribution in [1.29, 1.82) is 0 Å². The molecule has 1 saturated carbocycles. The molecule has 0 radical (unpaired) electrons. The summed E-state index contributed by atoms with van der Waals surface area (Å²) in [5.41, 5.74) is 0.583. The molecule has 5 nitrogen and oxygen atoms in total. The number of amides is 1. The summed E-state index contributed by atoms with van der Waals surface area (Å²) in [5, 5.41) is 6.39. The number of carbonyl (C=O) groups is 1. The molecule has 1 fully saturated rings. The minimum absolute atomic E-state index is 0.338. The normalized spacial score (nSPS) is 21.9. The van der Waals surface area contributed by atoms with Crippen LogP contribution in [0.15, 0.2) is 24.5 Å². The summed E-state index contributed by atoms with van der Waals surface area (Å²) in [7, 11) is 0. The molecule has 21 heavy (non-hydrogen) atoms. The molecule has 0 aliphatic heterocycles. The molecule has 1 amide bonds. The highest BCUT2D eigenvalue weighted by atomic mass is 16.6. The number of hydrogen-bond acceptors (Lipinski definition) is 4. The monoisotopic (exact) mass is 291 g/mol. The molecule has 0 aromatic carbocycles. The lowest BCUT2D eigenvalue weighted by Gasteiger charge is -2.24. The molecule has 1 aromatic heterocycles. The highest BCUT2D eigenvalue weighted by Gasteiger charge is 2.28. The minimum atomic E-state index is -0.451. The van der Waals surface area contributed by atoms with Crippen LogP contribution in [0.5, 0.6) is 0 Å². The number of ether oxygens (including phenoxy) is 1. The number of nitrogens with one attached hydrogen (secondary N) is 2. The third-order valence-corrected chi connectivity index (χ3v) is 3.58.